The van der Waals surface area contributed by atoms with E-state index in [1.54, 1.807) is 6.33 Å². The normalized spacial score (nSPS) is 20.9. The highest BCUT2D eigenvalue weighted by molar-refractivity contribution is 5.85. The van der Waals surface area contributed by atoms with Crippen LogP contribution in [0.2, 0.25) is 0 Å². The molecule has 7 nitrogen and oxygen atoms in total. The summed E-state index contributed by atoms with van der Waals surface area (Å²) < 4.78 is 5.46. The molecule has 1 unspecified atom stereocenters. The van der Waals surface area contributed by atoms with Crippen molar-refractivity contribution in [3.8, 4) is 0 Å². The van der Waals surface area contributed by atoms with Crippen LogP contribution >= 0.6 is 0 Å². The molecule has 0 aromatic carbocycles. The number of nitrogens with two attached hydrogens (primary N) is 1. The van der Waals surface area contributed by atoms with Crippen LogP contribution in [0.15, 0.2) is 17.5 Å². The highest BCUT2D eigenvalue weighted by atomic mass is 16.5. The number of ether oxygens (including phenoxy) is 1. The van der Waals surface area contributed by atoms with Crippen molar-refractivity contribution in [2.24, 2.45) is 10.9 Å². The van der Waals surface area contributed by atoms with Gasteiger partial charge in [0.05, 0.1) is 13.2 Å². The number of aromatic nitrogens is 2. The number of morpholine rings is 1. The average Bonchev–Trinajstić information content (AvgIpc) is 2.46. The average molecular weight is 265 g/mol. The summed E-state index contributed by atoms with van der Waals surface area (Å²) >= 11 is 0. The first-order chi connectivity index (χ1) is 9.11. The van der Waals surface area contributed by atoms with Gasteiger partial charge < -0.3 is 20.6 Å². The van der Waals surface area contributed by atoms with Crippen molar-refractivity contribution in [2.45, 2.75) is 25.9 Å². The number of amidine groups is 1. The fourth-order valence-electron chi connectivity index (χ4n) is 1.95. The van der Waals surface area contributed by atoms with E-state index in [4.69, 9.17) is 15.7 Å². The smallest absolute Gasteiger partial charge is 0.170 e. The van der Waals surface area contributed by atoms with Gasteiger partial charge in [0.1, 0.15) is 18.2 Å². The van der Waals surface area contributed by atoms with Gasteiger partial charge in [-0.05, 0) is 5.92 Å². The van der Waals surface area contributed by atoms with Gasteiger partial charge >= 0.3 is 0 Å². The second kappa shape index (κ2) is 5.83. The van der Waals surface area contributed by atoms with Gasteiger partial charge in [0.25, 0.3) is 0 Å². The lowest BCUT2D eigenvalue weighted by molar-refractivity contribution is 0.0804. The summed E-state index contributed by atoms with van der Waals surface area (Å²) in [4.78, 5) is 10.6. The zero-order valence-electron chi connectivity index (χ0n) is 11.2. The number of anilines is 1. The van der Waals surface area contributed by atoms with Crippen LogP contribution in [0.3, 0.4) is 0 Å². The SMILES string of the molecule is CC(C)c1cc(N2CCOC(C(N)=NO)C2)ncn1. The third-order valence-corrected chi connectivity index (χ3v) is 3.10. The molecule has 0 aliphatic carbocycles. The van der Waals surface area contributed by atoms with Crippen LogP contribution in [-0.4, -0.2) is 46.8 Å². The molecule has 1 aromatic heterocycles. The Morgan fingerprint density at radius 2 is 2.37 bits per heavy atom. The lowest BCUT2D eigenvalue weighted by Crippen LogP contribution is -2.48. The van der Waals surface area contributed by atoms with E-state index in [1.807, 2.05) is 6.07 Å². The van der Waals surface area contributed by atoms with Gasteiger partial charge in [0.2, 0.25) is 0 Å². The highest BCUT2D eigenvalue weighted by Gasteiger charge is 2.25. The van der Waals surface area contributed by atoms with Crippen LogP contribution in [0.4, 0.5) is 5.82 Å². The minimum absolute atomic E-state index is 0.0860. The first-order valence-electron chi connectivity index (χ1n) is 6.27. The number of rotatable bonds is 3. The number of hydrogen-bond acceptors (Lipinski definition) is 6. The highest BCUT2D eigenvalue weighted by Crippen LogP contribution is 2.19. The Morgan fingerprint density at radius 3 is 3.05 bits per heavy atom. The Labute approximate surface area is 112 Å². The minimum Gasteiger partial charge on any atom is -0.409 e. The lowest BCUT2D eigenvalue weighted by Gasteiger charge is -2.33. The van der Waals surface area contributed by atoms with E-state index in [9.17, 15) is 0 Å². The van der Waals surface area contributed by atoms with Gasteiger partial charge in [-0.1, -0.05) is 19.0 Å². The summed E-state index contributed by atoms with van der Waals surface area (Å²) in [6.45, 7) is 5.94. The molecule has 1 saturated heterocycles. The van der Waals surface area contributed by atoms with Crippen LogP contribution in [0.5, 0.6) is 0 Å². The zero-order valence-corrected chi connectivity index (χ0v) is 11.2. The molecule has 0 saturated carbocycles. The van der Waals surface area contributed by atoms with E-state index < -0.39 is 6.10 Å². The topological polar surface area (TPSA) is 96.9 Å². The molecule has 2 rings (SSSR count). The van der Waals surface area contributed by atoms with Gasteiger partial charge in [-0.2, -0.15) is 0 Å². The second-order valence-electron chi connectivity index (χ2n) is 4.79. The quantitative estimate of drug-likeness (QED) is 0.358. The first-order valence-corrected chi connectivity index (χ1v) is 6.27. The maximum Gasteiger partial charge on any atom is 0.170 e. The molecule has 1 atom stereocenters. The molecule has 0 bridgehead atoms. The maximum absolute atomic E-state index is 8.70. The largest absolute Gasteiger partial charge is 0.409 e. The summed E-state index contributed by atoms with van der Waals surface area (Å²) in [7, 11) is 0. The van der Waals surface area contributed by atoms with Gasteiger partial charge in [0, 0.05) is 18.3 Å². The molecule has 2 heterocycles. The summed E-state index contributed by atoms with van der Waals surface area (Å²) in [5, 5.41) is 11.7. The molecule has 1 aliphatic heterocycles. The van der Waals surface area contributed by atoms with Crippen LogP contribution in [0.1, 0.15) is 25.5 Å². The molecule has 19 heavy (non-hydrogen) atoms. The molecule has 0 spiro atoms. The van der Waals surface area contributed by atoms with Crippen molar-refractivity contribution in [1.82, 2.24) is 9.97 Å². The zero-order chi connectivity index (χ0) is 13.8. The van der Waals surface area contributed by atoms with E-state index in [1.165, 1.54) is 0 Å². The van der Waals surface area contributed by atoms with Crippen molar-refractivity contribution in [1.29, 1.82) is 0 Å². The van der Waals surface area contributed by atoms with Crippen molar-refractivity contribution in [3.63, 3.8) is 0 Å². The molecule has 3 N–H and O–H groups in total. The third-order valence-electron chi connectivity index (χ3n) is 3.10. The minimum atomic E-state index is -0.406. The third kappa shape index (κ3) is 3.11. The maximum atomic E-state index is 8.70. The van der Waals surface area contributed by atoms with Gasteiger partial charge in [-0.3, -0.25) is 0 Å². The molecule has 1 aromatic rings. The molecule has 1 fully saturated rings. The first kappa shape index (κ1) is 13.5. The molecule has 104 valence electrons. The lowest BCUT2D eigenvalue weighted by atomic mass is 10.1. The molecule has 7 heteroatoms. The van der Waals surface area contributed by atoms with Crippen LogP contribution in [0.25, 0.3) is 0 Å². The molecular weight excluding hydrogens is 246 g/mol. The Hall–Kier alpha value is -1.89. The van der Waals surface area contributed by atoms with Gasteiger partial charge in [0.15, 0.2) is 5.84 Å². The van der Waals surface area contributed by atoms with Crippen LogP contribution in [0, 0.1) is 0 Å². The molecule has 0 radical (unpaired) electrons. The summed E-state index contributed by atoms with van der Waals surface area (Å²) in [5.74, 6) is 1.28. The Morgan fingerprint density at radius 1 is 1.58 bits per heavy atom. The predicted octanol–water partition coefficient (Wildman–Crippen LogP) is 0.552. The van der Waals surface area contributed by atoms with Crippen LogP contribution < -0.4 is 10.6 Å². The summed E-state index contributed by atoms with van der Waals surface area (Å²) in [6.07, 6.45) is 1.16. The van der Waals surface area contributed by atoms with E-state index in [0.29, 0.717) is 19.1 Å². The van der Waals surface area contributed by atoms with E-state index in [2.05, 4.69) is 33.9 Å². The summed E-state index contributed by atoms with van der Waals surface area (Å²) in [6, 6.07) is 1.97. The van der Waals surface area contributed by atoms with Crippen LogP contribution in [-0.2, 0) is 4.74 Å². The van der Waals surface area contributed by atoms with E-state index >= 15 is 0 Å². The predicted molar refractivity (Wildman–Crippen MR) is 71.5 cm³/mol. The monoisotopic (exact) mass is 265 g/mol. The fourth-order valence-corrected chi connectivity index (χ4v) is 1.95. The molecule has 0 amide bonds. The number of oxime groups is 1. The van der Waals surface area contributed by atoms with Crippen molar-refractivity contribution in [3.05, 3.63) is 18.1 Å². The number of nitrogens with zero attached hydrogens (tertiary/aromatic N) is 4. The standard InChI is InChI=1S/C12H19N5O2/c1-8(2)9-5-11(15-7-14-9)17-3-4-19-10(6-17)12(13)16-18/h5,7-8,10,18H,3-4,6H2,1-2H3,(H2,13,16). The van der Waals surface area contributed by atoms with E-state index in [-0.39, 0.29) is 5.84 Å². The Balaban J connectivity index is 2.15. The molecular formula is C12H19N5O2. The Bertz CT molecular complexity index is 463. The van der Waals surface area contributed by atoms with Crippen molar-refractivity contribution >= 4 is 11.7 Å². The Kier molecular flexibility index (Phi) is 4.16. The van der Waals surface area contributed by atoms with Gasteiger partial charge in [-0.25, -0.2) is 9.97 Å². The second-order valence-corrected chi connectivity index (χ2v) is 4.79. The number of hydrogen-bond donors (Lipinski definition) is 2. The van der Waals surface area contributed by atoms with Gasteiger partial charge in [-0.15, -0.1) is 0 Å². The fraction of sp³-hybridized carbons (Fsp3) is 0.583. The summed E-state index contributed by atoms with van der Waals surface area (Å²) in [5.41, 5.74) is 6.58. The molecule has 1 aliphatic rings. The van der Waals surface area contributed by atoms with Crippen molar-refractivity contribution in [2.75, 3.05) is 24.6 Å². The van der Waals surface area contributed by atoms with Crippen molar-refractivity contribution < 1.29 is 9.94 Å². The van der Waals surface area contributed by atoms with E-state index in [0.717, 1.165) is 18.1 Å².